The third kappa shape index (κ3) is 7.07. The number of hydrogen-bond donors (Lipinski definition) is 1. The van der Waals surface area contributed by atoms with Gasteiger partial charge in [0.05, 0.1) is 6.61 Å². The lowest BCUT2D eigenvalue weighted by Crippen LogP contribution is -2.42. The molecule has 1 aliphatic rings. The lowest BCUT2D eigenvalue weighted by Gasteiger charge is -2.33. The molecule has 0 atom stereocenters. The summed E-state index contributed by atoms with van der Waals surface area (Å²) in [6.07, 6.45) is 1.37. The number of carbonyl (C=O) groups excluding carboxylic acids is 1. The second kappa shape index (κ2) is 9.06. The number of carboxylic acid groups (broad SMARTS) is 1. The first-order valence-corrected chi connectivity index (χ1v) is 9.25. The van der Waals surface area contributed by atoms with Gasteiger partial charge in [-0.1, -0.05) is 6.07 Å². The fourth-order valence-electron chi connectivity index (χ4n) is 2.88. The number of hydrogen-bond acceptors (Lipinski definition) is 4. The number of amides is 1. The van der Waals surface area contributed by atoms with Crippen LogP contribution >= 0.6 is 0 Å². The lowest BCUT2D eigenvalue weighted by molar-refractivity contribution is -0.136. The van der Waals surface area contributed by atoms with Gasteiger partial charge < -0.3 is 19.5 Å². The molecular formula is C20H28FNO5. The summed E-state index contributed by atoms with van der Waals surface area (Å²) < 4.78 is 25.1. The Balaban J connectivity index is 1.77. The molecule has 7 heteroatoms. The van der Waals surface area contributed by atoms with Crippen molar-refractivity contribution in [2.45, 2.75) is 52.1 Å². The highest BCUT2D eigenvalue weighted by Crippen LogP contribution is 2.23. The molecule has 0 aromatic heterocycles. The molecule has 1 N–H and O–H groups in total. The van der Waals surface area contributed by atoms with Crippen molar-refractivity contribution in [1.82, 2.24) is 4.90 Å². The molecule has 0 radical (unpaired) electrons. The zero-order valence-corrected chi connectivity index (χ0v) is 16.2. The van der Waals surface area contributed by atoms with E-state index in [2.05, 4.69) is 0 Å². The summed E-state index contributed by atoms with van der Waals surface area (Å²) in [5.41, 5.74) is -0.131. The van der Waals surface area contributed by atoms with E-state index in [1.807, 2.05) is 20.8 Å². The third-order valence-corrected chi connectivity index (χ3v) is 4.38. The SMILES string of the molecule is CC(C)(C)OC(=O)N1CCC(COc2ccc(CCC(=O)O)c(F)c2)CC1. The summed E-state index contributed by atoms with van der Waals surface area (Å²) in [5.74, 6) is -0.680. The molecule has 27 heavy (non-hydrogen) atoms. The topological polar surface area (TPSA) is 76.1 Å². The molecule has 0 saturated carbocycles. The van der Waals surface area contributed by atoms with Gasteiger partial charge in [0.15, 0.2) is 0 Å². The van der Waals surface area contributed by atoms with Crippen molar-refractivity contribution in [3.05, 3.63) is 29.6 Å². The van der Waals surface area contributed by atoms with Gasteiger partial charge in [0.2, 0.25) is 0 Å². The minimum Gasteiger partial charge on any atom is -0.493 e. The zero-order chi connectivity index (χ0) is 20.0. The number of rotatable bonds is 6. The van der Waals surface area contributed by atoms with Gasteiger partial charge in [-0.2, -0.15) is 0 Å². The molecule has 0 aliphatic carbocycles. The predicted molar refractivity (Wildman–Crippen MR) is 98.4 cm³/mol. The number of aryl methyl sites for hydroxylation is 1. The fourth-order valence-corrected chi connectivity index (χ4v) is 2.88. The Kier molecular flexibility index (Phi) is 7.05. The van der Waals surface area contributed by atoms with E-state index in [-0.39, 0.29) is 18.9 Å². The Morgan fingerprint density at radius 2 is 1.93 bits per heavy atom. The Morgan fingerprint density at radius 1 is 1.26 bits per heavy atom. The lowest BCUT2D eigenvalue weighted by atomic mass is 9.98. The molecule has 0 unspecified atom stereocenters. The Labute approximate surface area is 159 Å². The van der Waals surface area contributed by atoms with E-state index in [1.54, 1.807) is 17.0 Å². The minimum atomic E-state index is -0.951. The first-order chi connectivity index (χ1) is 12.6. The predicted octanol–water partition coefficient (Wildman–Crippen LogP) is 3.87. The fraction of sp³-hybridized carbons (Fsp3) is 0.600. The summed E-state index contributed by atoms with van der Waals surface area (Å²) in [5, 5.41) is 8.68. The van der Waals surface area contributed by atoms with Gasteiger partial charge in [-0.3, -0.25) is 4.79 Å². The monoisotopic (exact) mass is 381 g/mol. The number of ether oxygens (including phenoxy) is 2. The van der Waals surface area contributed by atoms with Crippen molar-refractivity contribution >= 4 is 12.1 Å². The molecule has 1 heterocycles. The second-order valence-corrected chi connectivity index (χ2v) is 7.87. The Morgan fingerprint density at radius 3 is 2.48 bits per heavy atom. The third-order valence-electron chi connectivity index (χ3n) is 4.38. The average Bonchev–Trinajstić information content (AvgIpc) is 2.58. The molecule has 2 rings (SSSR count). The van der Waals surface area contributed by atoms with Crippen molar-refractivity contribution in [3.8, 4) is 5.75 Å². The van der Waals surface area contributed by atoms with Crippen LogP contribution in [0.5, 0.6) is 5.75 Å². The van der Waals surface area contributed by atoms with E-state index in [0.717, 1.165) is 12.8 Å². The van der Waals surface area contributed by atoms with Gasteiger partial charge in [-0.25, -0.2) is 9.18 Å². The summed E-state index contributed by atoms with van der Waals surface area (Å²) in [4.78, 5) is 24.3. The summed E-state index contributed by atoms with van der Waals surface area (Å²) >= 11 is 0. The number of carboxylic acids is 1. The highest BCUT2D eigenvalue weighted by molar-refractivity contribution is 5.68. The number of halogens is 1. The van der Waals surface area contributed by atoms with Crippen LogP contribution in [0.2, 0.25) is 0 Å². The van der Waals surface area contributed by atoms with Gasteiger partial charge in [-0.15, -0.1) is 0 Å². The summed E-state index contributed by atoms with van der Waals surface area (Å²) in [7, 11) is 0. The van der Waals surface area contributed by atoms with Crippen molar-refractivity contribution in [3.63, 3.8) is 0 Å². The van der Waals surface area contributed by atoms with E-state index >= 15 is 0 Å². The van der Waals surface area contributed by atoms with Crippen LogP contribution in [0.15, 0.2) is 18.2 Å². The average molecular weight is 381 g/mol. The van der Waals surface area contributed by atoms with Crippen LogP contribution in [0.1, 0.15) is 45.6 Å². The maximum atomic E-state index is 14.0. The van der Waals surface area contributed by atoms with E-state index < -0.39 is 17.4 Å². The number of likely N-dealkylation sites (tertiary alicyclic amines) is 1. The Hall–Kier alpha value is -2.31. The highest BCUT2D eigenvalue weighted by atomic mass is 19.1. The molecule has 1 aromatic carbocycles. The Bertz CT molecular complexity index is 663. The van der Waals surface area contributed by atoms with Gasteiger partial charge >= 0.3 is 12.1 Å². The van der Waals surface area contributed by atoms with Crippen molar-refractivity contribution in [2.24, 2.45) is 5.92 Å². The molecule has 6 nitrogen and oxygen atoms in total. The van der Waals surface area contributed by atoms with Gasteiger partial charge in [0.1, 0.15) is 17.2 Å². The van der Waals surface area contributed by atoms with Crippen LogP contribution in [0.25, 0.3) is 0 Å². The molecule has 0 bridgehead atoms. The normalized spacial score (nSPS) is 15.5. The number of nitrogens with zero attached hydrogens (tertiary/aromatic N) is 1. The number of piperidine rings is 1. The number of benzene rings is 1. The summed E-state index contributed by atoms with van der Waals surface area (Å²) in [6.45, 7) is 7.22. The van der Waals surface area contributed by atoms with Crippen LogP contribution in [0, 0.1) is 11.7 Å². The van der Waals surface area contributed by atoms with Crippen molar-refractivity contribution in [2.75, 3.05) is 19.7 Å². The molecule has 1 amide bonds. The first-order valence-electron chi connectivity index (χ1n) is 9.25. The quantitative estimate of drug-likeness (QED) is 0.810. The smallest absolute Gasteiger partial charge is 0.410 e. The second-order valence-electron chi connectivity index (χ2n) is 7.87. The molecule has 0 spiro atoms. The van der Waals surface area contributed by atoms with Crippen LogP contribution < -0.4 is 4.74 Å². The van der Waals surface area contributed by atoms with Gasteiger partial charge in [0.25, 0.3) is 0 Å². The van der Waals surface area contributed by atoms with Gasteiger partial charge in [-0.05, 0) is 57.6 Å². The highest BCUT2D eigenvalue weighted by Gasteiger charge is 2.27. The molecule has 1 saturated heterocycles. The van der Waals surface area contributed by atoms with Crippen molar-refractivity contribution < 1.29 is 28.6 Å². The first kappa shape index (κ1) is 21.0. The van der Waals surface area contributed by atoms with E-state index in [0.29, 0.717) is 36.9 Å². The van der Waals surface area contributed by atoms with E-state index in [4.69, 9.17) is 14.6 Å². The largest absolute Gasteiger partial charge is 0.493 e. The van der Waals surface area contributed by atoms with Crippen LogP contribution in [-0.4, -0.2) is 47.4 Å². The standard InChI is InChI=1S/C20H28FNO5/c1-20(2,3)27-19(25)22-10-8-14(9-11-22)13-26-16-6-4-15(17(21)12-16)5-7-18(23)24/h4,6,12,14H,5,7-11,13H2,1-3H3,(H,23,24). The van der Waals surface area contributed by atoms with Crippen molar-refractivity contribution in [1.29, 1.82) is 0 Å². The number of carbonyl (C=O) groups is 2. The molecule has 1 aliphatic heterocycles. The molecular weight excluding hydrogens is 353 g/mol. The molecule has 1 aromatic rings. The van der Waals surface area contributed by atoms with Crippen LogP contribution in [0.3, 0.4) is 0 Å². The van der Waals surface area contributed by atoms with E-state index in [9.17, 15) is 14.0 Å². The maximum Gasteiger partial charge on any atom is 0.410 e. The summed E-state index contributed by atoms with van der Waals surface area (Å²) in [6, 6.07) is 4.53. The van der Waals surface area contributed by atoms with Gasteiger partial charge in [0, 0.05) is 25.6 Å². The minimum absolute atomic E-state index is 0.104. The molecule has 1 fully saturated rings. The maximum absolute atomic E-state index is 14.0. The zero-order valence-electron chi connectivity index (χ0n) is 16.2. The van der Waals surface area contributed by atoms with E-state index in [1.165, 1.54) is 6.07 Å². The number of aliphatic carboxylic acids is 1. The molecule has 150 valence electrons. The van der Waals surface area contributed by atoms with Crippen LogP contribution in [-0.2, 0) is 16.0 Å². The van der Waals surface area contributed by atoms with Crippen LogP contribution in [0.4, 0.5) is 9.18 Å².